The van der Waals surface area contributed by atoms with Crippen LogP contribution in [0.3, 0.4) is 0 Å². The van der Waals surface area contributed by atoms with Crippen molar-refractivity contribution in [3.05, 3.63) is 41.1 Å². The van der Waals surface area contributed by atoms with Crippen molar-refractivity contribution in [1.82, 2.24) is 15.6 Å². The molecule has 0 bridgehead atoms. The maximum absolute atomic E-state index is 12.9. The van der Waals surface area contributed by atoms with E-state index in [4.69, 9.17) is 4.98 Å². The summed E-state index contributed by atoms with van der Waals surface area (Å²) < 4.78 is 0. The number of rotatable bonds is 4. The second-order valence-corrected chi connectivity index (χ2v) is 7.37. The first-order valence-corrected chi connectivity index (χ1v) is 9.70. The Morgan fingerprint density at radius 3 is 2.69 bits per heavy atom. The van der Waals surface area contributed by atoms with E-state index < -0.39 is 0 Å². The van der Waals surface area contributed by atoms with Gasteiger partial charge in [0.15, 0.2) is 0 Å². The molecule has 0 atom stereocenters. The molecule has 1 heterocycles. The molecule has 2 aliphatic carbocycles. The van der Waals surface area contributed by atoms with Crippen LogP contribution in [0.25, 0.3) is 10.9 Å². The predicted octanol–water partition coefficient (Wildman–Crippen LogP) is 2.90. The lowest BCUT2D eigenvalue weighted by Crippen LogP contribution is -2.42. The van der Waals surface area contributed by atoms with Crippen molar-refractivity contribution in [2.45, 2.75) is 57.4 Å². The van der Waals surface area contributed by atoms with Gasteiger partial charge in [-0.2, -0.15) is 0 Å². The Hall–Kier alpha value is -2.43. The second-order valence-electron chi connectivity index (χ2n) is 7.37. The van der Waals surface area contributed by atoms with Crippen LogP contribution in [0.1, 0.15) is 60.1 Å². The smallest absolute Gasteiger partial charge is 0.252 e. The van der Waals surface area contributed by atoms with Crippen LogP contribution < -0.4 is 10.6 Å². The SMILES string of the molecule is O=C(CNC(=O)c1c2c(nc3ccccc13)CCC2)NC1CCCCC1. The molecule has 0 unspecified atom stereocenters. The number of amides is 2. The number of para-hydroxylation sites is 1. The second kappa shape index (κ2) is 7.44. The van der Waals surface area contributed by atoms with Gasteiger partial charge in [0.05, 0.1) is 17.6 Å². The number of hydrogen-bond donors (Lipinski definition) is 2. The van der Waals surface area contributed by atoms with E-state index >= 15 is 0 Å². The average Bonchev–Trinajstić information content (AvgIpc) is 3.13. The van der Waals surface area contributed by atoms with Crippen LogP contribution in [-0.2, 0) is 17.6 Å². The van der Waals surface area contributed by atoms with Gasteiger partial charge >= 0.3 is 0 Å². The van der Waals surface area contributed by atoms with E-state index in [1.54, 1.807) is 0 Å². The molecule has 0 spiro atoms. The van der Waals surface area contributed by atoms with Gasteiger partial charge in [0.25, 0.3) is 5.91 Å². The van der Waals surface area contributed by atoms with Crippen LogP contribution in [-0.4, -0.2) is 29.4 Å². The van der Waals surface area contributed by atoms with Crippen molar-refractivity contribution in [1.29, 1.82) is 0 Å². The number of aryl methyl sites for hydroxylation is 1. The highest BCUT2D eigenvalue weighted by atomic mass is 16.2. The van der Waals surface area contributed by atoms with Gasteiger partial charge in [-0.15, -0.1) is 0 Å². The summed E-state index contributed by atoms with van der Waals surface area (Å²) in [6, 6.07) is 8.02. The molecule has 0 aliphatic heterocycles. The molecule has 0 radical (unpaired) electrons. The van der Waals surface area contributed by atoms with Crippen molar-refractivity contribution < 1.29 is 9.59 Å². The number of nitrogens with zero attached hydrogens (tertiary/aromatic N) is 1. The van der Waals surface area contributed by atoms with Crippen molar-refractivity contribution >= 4 is 22.7 Å². The van der Waals surface area contributed by atoms with E-state index in [9.17, 15) is 9.59 Å². The molecule has 5 nitrogen and oxygen atoms in total. The van der Waals surface area contributed by atoms with Crippen molar-refractivity contribution in [3.8, 4) is 0 Å². The van der Waals surface area contributed by atoms with E-state index in [0.717, 1.165) is 54.3 Å². The largest absolute Gasteiger partial charge is 0.352 e. The maximum Gasteiger partial charge on any atom is 0.252 e. The summed E-state index contributed by atoms with van der Waals surface area (Å²) in [6.07, 6.45) is 8.51. The van der Waals surface area contributed by atoms with Crippen molar-refractivity contribution in [3.63, 3.8) is 0 Å². The van der Waals surface area contributed by atoms with Gasteiger partial charge in [-0.1, -0.05) is 37.5 Å². The number of pyridine rings is 1. The molecule has 1 saturated carbocycles. The minimum atomic E-state index is -0.166. The molecule has 2 aliphatic rings. The van der Waals surface area contributed by atoms with Gasteiger partial charge in [0, 0.05) is 17.1 Å². The standard InChI is InChI=1S/C21H25N3O2/c25-19(23-14-7-2-1-3-8-14)13-22-21(26)20-15-9-4-5-11-17(15)24-18-12-6-10-16(18)20/h4-5,9,11,14H,1-3,6-8,10,12-13H2,(H,22,26)(H,23,25). The van der Waals surface area contributed by atoms with Crippen molar-refractivity contribution in [2.24, 2.45) is 0 Å². The van der Waals surface area contributed by atoms with Crippen LogP contribution in [0.15, 0.2) is 24.3 Å². The van der Waals surface area contributed by atoms with Gasteiger partial charge in [-0.05, 0) is 43.7 Å². The fraction of sp³-hybridized carbons (Fsp3) is 0.476. The normalized spacial score (nSPS) is 17.1. The van der Waals surface area contributed by atoms with Crippen LogP contribution in [0, 0.1) is 0 Å². The molecular formula is C21H25N3O2. The lowest BCUT2D eigenvalue weighted by atomic mass is 9.95. The minimum absolute atomic E-state index is 0.0285. The number of fused-ring (bicyclic) bond motifs is 2. The summed E-state index contributed by atoms with van der Waals surface area (Å²) in [5.41, 5.74) is 3.63. The Balaban J connectivity index is 1.49. The first kappa shape index (κ1) is 17.0. The molecule has 5 heteroatoms. The lowest BCUT2D eigenvalue weighted by Gasteiger charge is -2.22. The summed E-state index contributed by atoms with van der Waals surface area (Å²) in [5.74, 6) is -0.263. The van der Waals surface area contributed by atoms with Gasteiger partial charge in [0.1, 0.15) is 0 Å². The fourth-order valence-electron chi connectivity index (χ4n) is 4.24. The van der Waals surface area contributed by atoms with E-state index in [1.165, 1.54) is 19.3 Å². The zero-order valence-electron chi connectivity index (χ0n) is 15.0. The van der Waals surface area contributed by atoms with E-state index in [-0.39, 0.29) is 24.4 Å². The Morgan fingerprint density at radius 1 is 1.04 bits per heavy atom. The summed E-state index contributed by atoms with van der Waals surface area (Å²) >= 11 is 0. The Kier molecular flexibility index (Phi) is 4.87. The van der Waals surface area contributed by atoms with E-state index in [2.05, 4.69) is 10.6 Å². The number of nitrogens with one attached hydrogen (secondary N) is 2. The van der Waals surface area contributed by atoms with Crippen molar-refractivity contribution in [2.75, 3.05) is 6.54 Å². The van der Waals surface area contributed by atoms with Crippen LogP contribution in [0.4, 0.5) is 0 Å². The van der Waals surface area contributed by atoms with Gasteiger partial charge in [-0.25, -0.2) is 0 Å². The third kappa shape index (κ3) is 3.43. The van der Waals surface area contributed by atoms with Gasteiger partial charge < -0.3 is 10.6 Å². The molecule has 4 rings (SSSR count). The number of benzene rings is 1. The molecule has 1 fully saturated rings. The van der Waals surface area contributed by atoms with E-state index in [0.29, 0.717) is 5.56 Å². The third-order valence-corrected chi connectivity index (χ3v) is 5.53. The summed E-state index contributed by atoms with van der Waals surface area (Å²) in [5, 5.41) is 6.75. The molecule has 136 valence electrons. The van der Waals surface area contributed by atoms with Crippen LogP contribution >= 0.6 is 0 Å². The minimum Gasteiger partial charge on any atom is -0.352 e. The van der Waals surface area contributed by atoms with Gasteiger partial charge in [0.2, 0.25) is 5.91 Å². The average molecular weight is 351 g/mol. The molecule has 26 heavy (non-hydrogen) atoms. The fourth-order valence-corrected chi connectivity index (χ4v) is 4.24. The quantitative estimate of drug-likeness (QED) is 0.890. The monoisotopic (exact) mass is 351 g/mol. The number of hydrogen-bond acceptors (Lipinski definition) is 3. The Bertz CT molecular complexity index is 841. The topological polar surface area (TPSA) is 71.1 Å². The zero-order valence-corrected chi connectivity index (χ0v) is 15.0. The maximum atomic E-state index is 12.9. The molecular weight excluding hydrogens is 326 g/mol. The summed E-state index contributed by atoms with van der Waals surface area (Å²) in [4.78, 5) is 29.8. The first-order valence-electron chi connectivity index (χ1n) is 9.70. The number of aromatic nitrogens is 1. The molecule has 1 aromatic carbocycles. The highest BCUT2D eigenvalue weighted by molar-refractivity contribution is 6.08. The number of carbonyl (C=O) groups is 2. The number of carbonyl (C=O) groups excluding carboxylic acids is 2. The third-order valence-electron chi connectivity index (χ3n) is 5.53. The lowest BCUT2D eigenvalue weighted by molar-refractivity contribution is -0.121. The summed E-state index contributed by atoms with van der Waals surface area (Å²) in [7, 11) is 0. The Morgan fingerprint density at radius 2 is 1.85 bits per heavy atom. The molecule has 2 aromatic rings. The molecule has 2 amide bonds. The highest BCUT2D eigenvalue weighted by Crippen LogP contribution is 2.29. The molecule has 2 N–H and O–H groups in total. The predicted molar refractivity (Wildman–Crippen MR) is 101 cm³/mol. The summed E-state index contributed by atoms with van der Waals surface area (Å²) in [6.45, 7) is 0.0285. The Labute approximate surface area is 153 Å². The first-order chi connectivity index (χ1) is 12.7. The van der Waals surface area contributed by atoms with Crippen LogP contribution in [0.2, 0.25) is 0 Å². The van der Waals surface area contributed by atoms with Gasteiger partial charge in [-0.3, -0.25) is 14.6 Å². The highest BCUT2D eigenvalue weighted by Gasteiger charge is 2.24. The molecule has 1 aromatic heterocycles. The molecule has 0 saturated heterocycles. The zero-order chi connectivity index (χ0) is 17.9. The van der Waals surface area contributed by atoms with Crippen LogP contribution in [0.5, 0.6) is 0 Å². The van der Waals surface area contributed by atoms with E-state index in [1.807, 2.05) is 24.3 Å².